The lowest BCUT2D eigenvalue weighted by atomic mass is 10.0. The molecular formula is C17H20BrN3O4. The van der Waals surface area contributed by atoms with Gasteiger partial charge in [-0.1, -0.05) is 15.9 Å². The lowest BCUT2D eigenvalue weighted by molar-refractivity contribution is 0.0299. The van der Waals surface area contributed by atoms with Crippen LogP contribution in [-0.4, -0.2) is 60.9 Å². The highest BCUT2D eigenvalue weighted by Gasteiger charge is 2.33. The van der Waals surface area contributed by atoms with Crippen LogP contribution in [0.1, 0.15) is 12.0 Å². The molecule has 0 bridgehead atoms. The molecule has 1 saturated heterocycles. The third-order valence-corrected chi connectivity index (χ3v) is 5.47. The molecule has 3 heterocycles. The Morgan fingerprint density at radius 1 is 1.40 bits per heavy atom. The molecule has 1 aromatic heterocycles. The van der Waals surface area contributed by atoms with E-state index in [0.717, 1.165) is 36.0 Å². The van der Waals surface area contributed by atoms with Crippen molar-refractivity contribution in [3.05, 3.63) is 26.5 Å². The van der Waals surface area contributed by atoms with Crippen LogP contribution in [0.2, 0.25) is 0 Å². The average molecular weight is 410 g/mol. The molecule has 2 aliphatic rings. The molecule has 0 spiro atoms. The number of benzene rings is 1. The topological polar surface area (TPSA) is 76.7 Å². The molecule has 2 aromatic rings. The molecular weight excluding hydrogens is 390 g/mol. The number of halogens is 1. The van der Waals surface area contributed by atoms with Gasteiger partial charge in [0.25, 0.3) is 11.6 Å². The van der Waals surface area contributed by atoms with Crippen molar-refractivity contribution in [2.45, 2.75) is 25.0 Å². The van der Waals surface area contributed by atoms with Gasteiger partial charge in [0.1, 0.15) is 23.3 Å². The SMILES string of the molecule is CO[C@H]1CN(C)C[C@@H]1Oc1nc2cc(Br)c3c(c2c(=O)[nH]1)OCCC3. The summed E-state index contributed by atoms with van der Waals surface area (Å²) in [6, 6.07) is 2.07. The Morgan fingerprint density at radius 3 is 3.00 bits per heavy atom. The fourth-order valence-corrected chi connectivity index (χ4v) is 4.13. The van der Waals surface area contributed by atoms with Crippen molar-refractivity contribution in [3.63, 3.8) is 0 Å². The zero-order chi connectivity index (χ0) is 17.6. The molecule has 2 aliphatic heterocycles. The second-order valence-electron chi connectivity index (χ2n) is 6.53. The van der Waals surface area contributed by atoms with E-state index < -0.39 is 0 Å². The third-order valence-electron chi connectivity index (χ3n) is 4.76. The summed E-state index contributed by atoms with van der Waals surface area (Å²) < 4.78 is 18.1. The van der Waals surface area contributed by atoms with Gasteiger partial charge >= 0.3 is 0 Å². The van der Waals surface area contributed by atoms with Crippen LogP contribution >= 0.6 is 15.9 Å². The van der Waals surface area contributed by atoms with E-state index in [1.165, 1.54) is 0 Å². The van der Waals surface area contributed by atoms with Crippen molar-refractivity contribution < 1.29 is 14.2 Å². The summed E-state index contributed by atoms with van der Waals surface area (Å²) in [7, 11) is 3.67. The lowest BCUT2D eigenvalue weighted by Crippen LogP contribution is -2.32. The predicted octanol–water partition coefficient (Wildman–Crippen LogP) is 1.72. The fraction of sp³-hybridized carbons (Fsp3) is 0.529. The molecule has 0 aliphatic carbocycles. The standard InChI is InChI=1S/C17H20BrN3O4/c1-21-7-12(23-2)13(8-21)25-17-19-11-6-10(18)9-4-3-5-24-15(9)14(11)16(22)20-17/h6,12-13H,3-5,7-8H2,1-2H3,(H,19,20,22)/t12-,13-/m0/s1. The molecule has 7 nitrogen and oxygen atoms in total. The highest BCUT2D eigenvalue weighted by Crippen LogP contribution is 2.36. The molecule has 4 rings (SSSR count). The van der Waals surface area contributed by atoms with Crippen molar-refractivity contribution in [3.8, 4) is 11.8 Å². The molecule has 8 heteroatoms. The van der Waals surface area contributed by atoms with Crippen LogP contribution in [0.15, 0.2) is 15.3 Å². The quantitative estimate of drug-likeness (QED) is 0.831. The third kappa shape index (κ3) is 3.02. The van der Waals surface area contributed by atoms with Gasteiger partial charge in [0.2, 0.25) is 0 Å². The smallest absolute Gasteiger partial charge is 0.297 e. The molecule has 1 aromatic carbocycles. The monoisotopic (exact) mass is 409 g/mol. The molecule has 1 N–H and O–H groups in total. The van der Waals surface area contributed by atoms with Gasteiger partial charge in [-0.2, -0.15) is 4.98 Å². The van der Waals surface area contributed by atoms with E-state index in [9.17, 15) is 4.79 Å². The maximum Gasteiger partial charge on any atom is 0.297 e. The maximum atomic E-state index is 12.7. The number of likely N-dealkylation sites (tertiary alicyclic amines) is 1. The van der Waals surface area contributed by atoms with Gasteiger partial charge < -0.3 is 14.2 Å². The zero-order valence-corrected chi connectivity index (χ0v) is 15.8. The van der Waals surface area contributed by atoms with E-state index in [1.807, 2.05) is 13.1 Å². The summed E-state index contributed by atoms with van der Waals surface area (Å²) in [5, 5.41) is 0.483. The van der Waals surface area contributed by atoms with Crippen LogP contribution in [-0.2, 0) is 11.2 Å². The lowest BCUT2D eigenvalue weighted by Gasteiger charge is -2.21. The Bertz CT molecular complexity index is 869. The number of fused-ring (bicyclic) bond motifs is 3. The van der Waals surface area contributed by atoms with Crippen LogP contribution in [0.25, 0.3) is 10.9 Å². The second kappa shape index (κ2) is 6.59. The van der Waals surface area contributed by atoms with E-state index in [1.54, 1.807) is 7.11 Å². The summed E-state index contributed by atoms with van der Waals surface area (Å²) in [5.41, 5.74) is 1.34. The van der Waals surface area contributed by atoms with Crippen LogP contribution in [0.5, 0.6) is 11.8 Å². The zero-order valence-electron chi connectivity index (χ0n) is 14.2. The first-order valence-electron chi connectivity index (χ1n) is 8.33. The fourth-order valence-electron chi connectivity index (χ4n) is 3.54. The molecule has 25 heavy (non-hydrogen) atoms. The second-order valence-corrected chi connectivity index (χ2v) is 7.39. The molecule has 134 valence electrons. The molecule has 0 unspecified atom stereocenters. The summed E-state index contributed by atoms with van der Waals surface area (Å²) >= 11 is 3.57. The van der Waals surface area contributed by atoms with Crippen molar-refractivity contribution in [2.75, 3.05) is 33.9 Å². The summed E-state index contributed by atoms with van der Waals surface area (Å²) in [4.78, 5) is 22.0. The number of hydrogen-bond acceptors (Lipinski definition) is 6. The molecule has 2 atom stereocenters. The van der Waals surface area contributed by atoms with Crippen molar-refractivity contribution >= 4 is 26.8 Å². The number of hydrogen-bond donors (Lipinski definition) is 1. The van der Waals surface area contributed by atoms with Gasteiger partial charge in [-0.15, -0.1) is 0 Å². The molecule has 0 saturated carbocycles. The van der Waals surface area contributed by atoms with Gasteiger partial charge in [-0.25, -0.2) is 0 Å². The number of rotatable bonds is 3. The summed E-state index contributed by atoms with van der Waals surface area (Å²) in [5.74, 6) is 0.631. The Kier molecular flexibility index (Phi) is 4.43. The maximum absolute atomic E-state index is 12.7. The van der Waals surface area contributed by atoms with Crippen molar-refractivity contribution in [1.82, 2.24) is 14.9 Å². The van der Waals surface area contributed by atoms with Gasteiger partial charge in [0.05, 0.1) is 12.1 Å². The minimum atomic E-state index is -0.244. The summed E-state index contributed by atoms with van der Waals surface area (Å²) in [6.07, 6.45) is 1.60. The normalized spacial score (nSPS) is 23.5. The van der Waals surface area contributed by atoms with E-state index >= 15 is 0 Å². The molecule has 0 amide bonds. The Labute approximate surface area is 153 Å². The Hall–Kier alpha value is -1.64. The van der Waals surface area contributed by atoms with Crippen LogP contribution < -0.4 is 15.0 Å². The number of H-pyrrole nitrogens is 1. The summed E-state index contributed by atoms with van der Waals surface area (Å²) in [6.45, 7) is 2.11. The number of ether oxygens (including phenoxy) is 3. The van der Waals surface area contributed by atoms with Gasteiger partial charge in [0, 0.05) is 30.2 Å². The Morgan fingerprint density at radius 2 is 2.20 bits per heavy atom. The minimum Gasteiger partial charge on any atom is -0.492 e. The number of methoxy groups -OCH3 is 1. The number of likely N-dealkylation sites (N-methyl/N-ethyl adjacent to an activating group) is 1. The van der Waals surface area contributed by atoms with E-state index in [2.05, 4.69) is 30.8 Å². The Balaban J connectivity index is 1.74. The van der Waals surface area contributed by atoms with Gasteiger partial charge in [-0.3, -0.25) is 14.7 Å². The van der Waals surface area contributed by atoms with Crippen LogP contribution in [0.4, 0.5) is 0 Å². The van der Waals surface area contributed by atoms with E-state index in [0.29, 0.717) is 23.3 Å². The van der Waals surface area contributed by atoms with Gasteiger partial charge in [0.15, 0.2) is 0 Å². The van der Waals surface area contributed by atoms with E-state index in [-0.39, 0.29) is 23.8 Å². The molecule has 0 radical (unpaired) electrons. The number of aromatic nitrogens is 2. The number of aromatic amines is 1. The first-order chi connectivity index (χ1) is 12.1. The van der Waals surface area contributed by atoms with E-state index in [4.69, 9.17) is 14.2 Å². The van der Waals surface area contributed by atoms with Crippen LogP contribution in [0.3, 0.4) is 0 Å². The minimum absolute atomic E-state index is 0.0513. The van der Waals surface area contributed by atoms with Gasteiger partial charge in [-0.05, 0) is 26.0 Å². The molecule has 1 fully saturated rings. The number of nitrogens with one attached hydrogen (secondary N) is 1. The first-order valence-corrected chi connectivity index (χ1v) is 9.12. The average Bonchev–Trinajstić information content (AvgIpc) is 2.94. The number of nitrogens with zero attached hydrogens (tertiary/aromatic N) is 2. The van der Waals surface area contributed by atoms with Crippen LogP contribution in [0, 0.1) is 0 Å². The predicted molar refractivity (Wildman–Crippen MR) is 96.6 cm³/mol. The highest BCUT2D eigenvalue weighted by molar-refractivity contribution is 9.10. The first kappa shape index (κ1) is 16.8. The highest BCUT2D eigenvalue weighted by atomic mass is 79.9. The van der Waals surface area contributed by atoms with Crippen molar-refractivity contribution in [1.29, 1.82) is 0 Å². The largest absolute Gasteiger partial charge is 0.492 e. The van der Waals surface area contributed by atoms with Crippen molar-refractivity contribution in [2.24, 2.45) is 0 Å².